The van der Waals surface area contributed by atoms with Crippen molar-refractivity contribution in [1.82, 2.24) is 4.90 Å². The highest BCUT2D eigenvalue weighted by Gasteiger charge is 2.55. The van der Waals surface area contributed by atoms with Crippen molar-refractivity contribution in [3.05, 3.63) is 83.9 Å². The second-order valence-electron chi connectivity index (χ2n) is 21.3. The van der Waals surface area contributed by atoms with Crippen molar-refractivity contribution < 1.29 is 66.5 Å². The lowest BCUT2D eigenvalue weighted by atomic mass is 9.74. The number of carbonyl (C=O) groups is 3. The first-order valence-electron chi connectivity index (χ1n) is 25.1. The highest BCUT2D eigenvalue weighted by Crippen LogP contribution is 2.45. The third-order valence-electron chi connectivity index (χ3n) is 15.2. The molecule has 4 saturated heterocycles. The number of carbonyl (C=O) groups excluding carboxylic acids is 3. The van der Waals surface area contributed by atoms with Gasteiger partial charge in [-0.3, -0.25) is 4.79 Å². The van der Waals surface area contributed by atoms with Crippen LogP contribution in [0.25, 0.3) is 0 Å². The molecule has 4 heterocycles. The van der Waals surface area contributed by atoms with E-state index in [-0.39, 0.29) is 36.5 Å². The standard InChI is InChI=1S/C55H81NO14/c1-17-41-33(4)45-34(5)43(69-53(9,10)70-45)31(2)29-54(11,60-15)47(68-52-46(40(56(13)14)28-32(3)62-52)66-50(58)38-24-20-18-21-25-38)35(6)44(36(7)49(57)64-41)65-42-30-55(12,61-16)48(37(8)63-42)67-51(59)39-26-22-19-23-27-39/h18-27,31-32,34-37,40-48,52H,4,17,28-30H2,1-3,5-16H3/t31-,32-,34+,35+,36-,37+,40+,41-,42?,43+,44+,45+,46-,47-,48+,52?,54-,55-/m1/s1. The summed E-state index contributed by atoms with van der Waals surface area (Å²) < 4.78 is 73.1. The fourth-order valence-corrected chi connectivity index (χ4v) is 11.3. The third kappa shape index (κ3) is 12.3. The topological polar surface area (TPSA) is 156 Å². The molecule has 390 valence electrons. The molecule has 0 radical (unpaired) electrons. The average Bonchev–Trinajstić information content (AvgIpc) is 3.33. The van der Waals surface area contributed by atoms with Gasteiger partial charge < -0.3 is 57.0 Å². The molecule has 4 fully saturated rings. The van der Waals surface area contributed by atoms with Gasteiger partial charge in [0, 0.05) is 32.5 Å². The van der Waals surface area contributed by atoms with Crippen LogP contribution in [0.1, 0.15) is 123 Å². The molecular weight excluding hydrogens is 899 g/mol. The number of likely N-dealkylation sites (N-methyl/N-ethyl adjacent to an activating group) is 1. The predicted molar refractivity (Wildman–Crippen MR) is 262 cm³/mol. The van der Waals surface area contributed by atoms with E-state index in [9.17, 15) is 14.4 Å². The molecule has 4 aliphatic heterocycles. The monoisotopic (exact) mass is 980 g/mol. The van der Waals surface area contributed by atoms with Crippen molar-refractivity contribution in [3.63, 3.8) is 0 Å². The van der Waals surface area contributed by atoms with Gasteiger partial charge >= 0.3 is 17.9 Å². The molecule has 70 heavy (non-hydrogen) atoms. The molecule has 0 N–H and O–H groups in total. The Bertz CT molecular complexity index is 2070. The Balaban J connectivity index is 1.45. The maximum Gasteiger partial charge on any atom is 0.338 e. The van der Waals surface area contributed by atoms with Crippen LogP contribution in [0.2, 0.25) is 0 Å². The molecule has 0 aromatic heterocycles. The first-order valence-corrected chi connectivity index (χ1v) is 25.1. The molecule has 6 rings (SSSR count). The van der Waals surface area contributed by atoms with E-state index in [2.05, 4.69) is 20.4 Å². The Hall–Kier alpha value is -3.77. The predicted octanol–water partition coefficient (Wildman–Crippen LogP) is 8.56. The van der Waals surface area contributed by atoms with Gasteiger partial charge in [0.25, 0.3) is 0 Å². The molecule has 2 unspecified atom stereocenters. The van der Waals surface area contributed by atoms with Crippen LogP contribution in [-0.2, 0) is 56.9 Å². The van der Waals surface area contributed by atoms with Crippen molar-refractivity contribution in [3.8, 4) is 0 Å². The Labute approximate surface area is 416 Å². The summed E-state index contributed by atoms with van der Waals surface area (Å²) in [4.78, 5) is 44.3. The van der Waals surface area contributed by atoms with Crippen molar-refractivity contribution in [2.75, 3.05) is 28.3 Å². The summed E-state index contributed by atoms with van der Waals surface area (Å²) in [5, 5.41) is 0. The molecule has 15 heteroatoms. The van der Waals surface area contributed by atoms with Crippen LogP contribution < -0.4 is 0 Å². The Morgan fingerprint density at radius 3 is 1.87 bits per heavy atom. The lowest BCUT2D eigenvalue weighted by molar-refractivity contribution is -0.330. The van der Waals surface area contributed by atoms with Crippen LogP contribution in [-0.4, -0.2) is 142 Å². The summed E-state index contributed by atoms with van der Waals surface area (Å²) in [6.45, 7) is 25.8. The van der Waals surface area contributed by atoms with Gasteiger partial charge in [-0.15, -0.1) is 0 Å². The first kappa shape index (κ1) is 55.5. The van der Waals surface area contributed by atoms with Gasteiger partial charge in [-0.05, 0) is 118 Å². The van der Waals surface area contributed by atoms with Gasteiger partial charge in [0.1, 0.15) is 11.7 Å². The van der Waals surface area contributed by atoms with Crippen LogP contribution in [0.5, 0.6) is 0 Å². The van der Waals surface area contributed by atoms with Crippen LogP contribution in [0.3, 0.4) is 0 Å². The minimum Gasteiger partial charge on any atom is -0.457 e. The molecule has 15 nitrogen and oxygen atoms in total. The summed E-state index contributed by atoms with van der Waals surface area (Å²) in [5.74, 6) is -4.53. The van der Waals surface area contributed by atoms with Gasteiger partial charge in [-0.1, -0.05) is 70.7 Å². The van der Waals surface area contributed by atoms with E-state index in [1.165, 1.54) is 0 Å². The summed E-state index contributed by atoms with van der Waals surface area (Å²) >= 11 is 0. The molecule has 0 saturated carbocycles. The van der Waals surface area contributed by atoms with Crippen molar-refractivity contribution in [2.24, 2.45) is 23.7 Å². The molecule has 2 aromatic rings. The second-order valence-corrected chi connectivity index (χ2v) is 21.3. The number of hydrogen-bond donors (Lipinski definition) is 0. The number of methoxy groups -OCH3 is 2. The first-order chi connectivity index (χ1) is 33.0. The van der Waals surface area contributed by atoms with E-state index in [0.29, 0.717) is 36.0 Å². The molecule has 4 aliphatic rings. The van der Waals surface area contributed by atoms with Crippen molar-refractivity contribution in [1.29, 1.82) is 0 Å². The maximum atomic E-state index is 14.9. The fourth-order valence-electron chi connectivity index (χ4n) is 11.3. The molecule has 2 aromatic carbocycles. The smallest absolute Gasteiger partial charge is 0.338 e. The zero-order valence-corrected chi connectivity index (χ0v) is 44.2. The van der Waals surface area contributed by atoms with Gasteiger partial charge in [-0.2, -0.15) is 0 Å². The van der Waals surface area contributed by atoms with Crippen LogP contribution in [0, 0.1) is 23.7 Å². The normalized spacial score (nSPS) is 39.6. The molecule has 2 bridgehead atoms. The van der Waals surface area contributed by atoms with Crippen molar-refractivity contribution >= 4 is 17.9 Å². The lowest BCUT2D eigenvalue weighted by Gasteiger charge is -2.52. The molecule has 18 atom stereocenters. The number of esters is 3. The highest BCUT2D eigenvalue weighted by molar-refractivity contribution is 5.90. The number of rotatable bonds is 12. The van der Waals surface area contributed by atoms with Gasteiger partial charge in [0.15, 0.2) is 30.6 Å². The minimum atomic E-state index is -1.14. The Kier molecular flexibility index (Phi) is 18.2. The number of fused-ring (bicyclic) bond motifs is 2. The van der Waals surface area contributed by atoms with E-state index < -0.39 is 102 Å². The summed E-state index contributed by atoms with van der Waals surface area (Å²) in [5.41, 5.74) is -0.783. The van der Waals surface area contributed by atoms with Crippen LogP contribution in [0.15, 0.2) is 72.8 Å². The van der Waals surface area contributed by atoms with Crippen molar-refractivity contribution in [2.45, 2.75) is 192 Å². The van der Waals surface area contributed by atoms with Crippen LogP contribution >= 0.6 is 0 Å². The van der Waals surface area contributed by atoms with E-state index >= 15 is 0 Å². The maximum absolute atomic E-state index is 14.9. The van der Waals surface area contributed by atoms with E-state index in [4.69, 9.17) is 52.1 Å². The summed E-state index contributed by atoms with van der Waals surface area (Å²) in [7, 11) is 7.10. The summed E-state index contributed by atoms with van der Waals surface area (Å²) in [6, 6.07) is 17.3. The molecule has 0 aliphatic carbocycles. The quantitative estimate of drug-likeness (QED) is 0.113. The number of hydrogen-bond acceptors (Lipinski definition) is 15. The van der Waals surface area contributed by atoms with E-state index in [1.807, 2.05) is 79.6 Å². The Morgan fingerprint density at radius 2 is 1.31 bits per heavy atom. The van der Waals surface area contributed by atoms with E-state index in [0.717, 1.165) is 0 Å². The molecule has 0 spiro atoms. The zero-order valence-electron chi connectivity index (χ0n) is 44.2. The molecule has 0 amide bonds. The summed E-state index contributed by atoms with van der Waals surface area (Å²) in [6.07, 6.45) is -6.67. The zero-order chi connectivity index (χ0) is 51.5. The average molecular weight is 980 g/mol. The van der Waals surface area contributed by atoms with Gasteiger partial charge in [0.05, 0.1) is 65.3 Å². The van der Waals surface area contributed by atoms with Crippen LogP contribution in [0.4, 0.5) is 0 Å². The van der Waals surface area contributed by atoms with Gasteiger partial charge in [-0.25, -0.2) is 9.59 Å². The Morgan fingerprint density at radius 1 is 0.743 bits per heavy atom. The minimum absolute atomic E-state index is 0.126. The number of cyclic esters (lactones) is 1. The largest absolute Gasteiger partial charge is 0.457 e. The number of benzene rings is 2. The van der Waals surface area contributed by atoms with Gasteiger partial charge in [0.2, 0.25) is 0 Å². The second kappa shape index (κ2) is 23.0. The molecular formula is C55H81NO14. The number of nitrogens with zero attached hydrogens (tertiary/aromatic N) is 1. The fraction of sp³-hybridized carbons (Fsp3) is 0.691. The SMILES string of the molecule is C=C1[C@@H](CC)OC(=O)[C@H](C)[C@@H](OC2C[C@@](C)(OC)[C@@H](OC(=O)c3ccccc3)[C@H](C)O2)[C@H](C)[C@@H](OC2O[C@H](C)C[C@H](N(C)C)[C@H]2OC(=O)c2ccccc2)[C@](C)(OC)C[C@@H](C)[C@@H]2OC(C)(C)O[C@@H]1[C@H]2C. The number of ether oxygens (including phenoxy) is 11. The lowest BCUT2D eigenvalue weighted by Crippen LogP contribution is -2.62. The third-order valence-corrected chi connectivity index (χ3v) is 15.2. The van der Waals surface area contributed by atoms with E-state index in [1.54, 1.807) is 76.6 Å². The highest BCUT2D eigenvalue weighted by atomic mass is 16.7.